The molecule has 0 heterocycles. The van der Waals surface area contributed by atoms with Gasteiger partial charge >= 0.3 is 0 Å². The fraction of sp³-hybridized carbons (Fsp3) is 0.208. The molecule has 0 aromatic heterocycles. The minimum absolute atomic E-state index is 0.190. The molecule has 0 saturated carbocycles. The minimum atomic E-state index is -3.46. The maximum Gasteiger partial charge on any atom is 0.251 e. The molecule has 3 aromatic rings. The van der Waals surface area contributed by atoms with E-state index >= 15 is 0 Å². The monoisotopic (exact) mass is 438 g/mol. The fourth-order valence-electron chi connectivity index (χ4n) is 3.06. The zero-order chi connectivity index (χ0) is 22.3. The van der Waals surface area contributed by atoms with Crippen LogP contribution in [0.5, 0.6) is 5.75 Å². The first-order valence-electron chi connectivity index (χ1n) is 9.92. The molecular weight excluding hydrogens is 412 g/mol. The van der Waals surface area contributed by atoms with Gasteiger partial charge in [0.15, 0.2) is 0 Å². The van der Waals surface area contributed by atoms with Gasteiger partial charge in [0.2, 0.25) is 10.0 Å². The first kappa shape index (κ1) is 22.4. The van der Waals surface area contributed by atoms with E-state index in [0.717, 1.165) is 16.9 Å². The van der Waals surface area contributed by atoms with Crippen molar-refractivity contribution in [3.8, 4) is 5.75 Å². The van der Waals surface area contributed by atoms with E-state index < -0.39 is 10.0 Å². The van der Waals surface area contributed by atoms with Crippen molar-refractivity contribution in [1.82, 2.24) is 5.32 Å². The fourth-order valence-corrected chi connectivity index (χ4v) is 3.94. The van der Waals surface area contributed by atoms with Crippen molar-refractivity contribution in [3.63, 3.8) is 0 Å². The molecule has 0 spiro atoms. The maximum absolute atomic E-state index is 12.3. The Balaban J connectivity index is 1.58. The zero-order valence-electron chi connectivity index (χ0n) is 17.6. The van der Waals surface area contributed by atoms with Gasteiger partial charge < -0.3 is 10.1 Å². The molecule has 6 nitrogen and oxygen atoms in total. The Morgan fingerprint density at radius 3 is 2.32 bits per heavy atom. The molecule has 162 valence electrons. The lowest BCUT2D eigenvalue weighted by molar-refractivity contribution is 0.0947. The third kappa shape index (κ3) is 6.58. The summed E-state index contributed by atoms with van der Waals surface area (Å²) in [5, 5.41) is 2.82. The van der Waals surface area contributed by atoms with Crippen LogP contribution in [-0.2, 0) is 16.6 Å². The van der Waals surface area contributed by atoms with E-state index in [2.05, 4.69) is 5.32 Å². The summed E-state index contributed by atoms with van der Waals surface area (Å²) in [6, 6.07) is 23.7. The van der Waals surface area contributed by atoms with Gasteiger partial charge in [0, 0.05) is 5.56 Å². The number of carbonyl (C=O) groups is 1. The average molecular weight is 439 g/mol. The van der Waals surface area contributed by atoms with Crippen molar-refractivity contribution >= 4 is 21.6 Å². The van der Waals surface area contributed by atoms with E-state index in [0.29, 0.717) is 24.4 Å². The van der Waals surface area contributed by atoms with Gasteiger partial charge in [0.25, 0.3) is 5.91 Å². The number of benzene rings is 3. The van der Waals surface area contributed by atoms with Gasteiger partial charge in [0.1, 0.15) is 12.4 Å². The van der Waals surface area contributed by atoms with E-state index in [1.807, 2.05) is 55.5 Å². The summed E-state index contributed by atoms with van der Waals surface area (Å²) in [6.07, 6.45) is 1.19. The van der Waals surface area contributed by atoms with Gasteiger partial charge in [-0.15, -0.1) is 0 Å². The van der Waals surface area contributed by atoms with Gasteiger partial charge in [-0.3, -0.25) is 9.10 Å². The van der Waals surface area contributed by atoms with Crippen molar-refractivity contribution < 1.29 is 17.9 Å². The van der Waals surface area contributed by atoms with Gasteiger partial charge in [0.05, 0.1) is 25.0 Å². The third-order valence-corrected chi connectivity index (χ3v) is 5.77. The van der Waals surface area contributed by atoms with Crippen LogP contribution in [-0.4, -0.2) is 33.7 Å². The first-order valence-corrected chi connectivity index (χ1v) is 11.8. The number of carbonyl (C=O) groups excluding carboxylic acids is 1. The highest BCUT2D eigenvalue weighted by Gasteiger charge is 2.18. The number of amides is 1. The molecule has 0 aliphatic carbocycles. The molecule has 3 aromatic carbocycles. The van der Waals surface area contributed by atoms with Crippen LogP contribution in [0, 0.1) is 6.92 Å². The van der Waals surface area contributed by atoms with E-state index in [1.54, 1.807) is 30.3 Å². The number of rotatable bonds is 9. The number of nitrogens with one attached hydrogen (secondary N) is 1. The summed E-state index contributed by atoms with van der Waals surface area (Å²) >= 11 is 0. The van der Waals surface area contributed by atoms with Crippen molar-refractivity contribution in [2.75, 3.05) is 23.7 Å². The number of hydrogen-bond acceptors (Lipinski definition) is 4. The van der Waals surface area contributed by atoms with Gasteiger partial charge in [-0.25, -0.2) is 8.42 Å². The molecule has 31 heavy (non-hydrogen) atoms. The number of nitrogens with zero attached hydrogens (tertiary/aromatic N) is 1. The number of anilines is 1. The Kier molecular flexibility index (Phi) is 7.31. The number of para-hydroxylation sites is 1. The second-order valence-electron chi connectivity index (χ2n) is 7.22. The topological polar surface area (TPSA) is 75.7 Å². The lowest BCUT2D eigenvalue weighted by Crippen LogP contribution is -2.29. The normalized spacial score (nSPS) is 11.0. The average Bonchev–Trinajstić information content (AvgIpc) is 2.75. The Labute approximate surface area is 183 Å². The van der Waals surface area contributed by atoms with Crippen LogP contribution in [0.4, 0.5) is 5.69 Å². The summed E-state index contributed by atoms with van der Waals surface area (Å²) in [4.78, 5) is 12.3. The van der Waals surface area contributed by atoms with Crippen LogP contribution in [0.15, 0.2) is 78.9 Å². The number of hydrogen-bond donors (Lipinski definition) is 1. The summed E-state index contributed by atoms with van der Waals surface area (Å²) in [5.74, 6) is 0.548. The molecule has 0 atom stereocenters. The van der Waals surface area contributed by atoms with E-state index in [9.17, 15) is 13.2 Å². The quantitative estimate of drug-likeness (QED) is 0.516. The van der Waals surface area contributed by atoms with Gasteiger partial charge in [-0.1, -0.05) is 42.5 Å². The van der Waals surface area contributed by atoms with Crippen LogP contribution >= 0.6 is 0 Å². The summed E-state index contributed by atoms with van der Waals surface area (Å²) < 4.78 is 31.6. The Morgan fingerprint density at radius 1 is 0.968 bits per heavy atom. The van der Waals surface area contributed by atoms with Crippen molar-refractivity contribution in [1.29, 1.82) is 0 Å². The number of aryl methyl sites for hydroxylation is 1. The molecular formula is C24H26N2O4S. The van der Waals surface area contributed by atoms with E-state index in [1.165, 1.54) is 10.6 Å². The third-order valence-electron chi connectivity index (χ3n) is 4.63. The van der Waals surface area contributed by atoms with Crippen LogP contribution < -0.4 is 14.4 Å². The molecule has 3 rings (SSSR count). The summed E-state index contributed by atoms with van der Waals surface area (Å²) in [6.45, 7) is 2.86. The molecule has 0 radical (unpaired) electrons. The number of sulfonamides is 1. The van der Waals surface area contributed by atoms with E-state index in [4.69, 9.17) is 4.74 Å². The smallest absolute Gasteiger partial charge is 0.251 e. The van der Waals surface area contributed by atoms with Crippen LogP contribution in [0.3, 0.4) is 0 Å². The Morgan fingerprint density at radius 2 is 1.68 bits per heavy atom. The van der Waals surface area contributed by atoms with Crippen molar-refractivity contribution in [3.05, 3.63) is 95.6 Å². The predicted octanol–water partition coefficient (Wildman–Crippen LogP) is 3.77. The predicted molar refractivity (Wildman–Crippen MR) is 123 cm³/mol. The molecule has 1 amide bonds. The highest BCUT2D eigenvalue weighted by Crippen LogP contribution is 2.22. The second-order valence-corrected chi connectivity index (χ2v) is 9.13. The van der Waals surface area contributed by atoms with Crippen LogP contribution in [0.1, 0.15) is 21.5 Å². The first-order chi connectivity index (χ1) is 14.8. The summed E-state index contributed by atoms with van der Waals surface area (Å²) in [5.41, 5.74) is 2.89. The lowest BCUT2D eigenvalue weighted by atomic mass is 10.1. The zero-order valence-corrected chi connectivity index (χ0v) is 18.4. The van der Waals surface area contributed by atoms with Crippen LogP contribution in [0.2, 0.25) is 0 Å². The molecule has 0 bridgehead atoms. The lowest BCUT2D eigenvalue weighted by Gasteiger charge is -2.23. The van der Waals surface area contributed by atoms with Crippen LogP contribution in [0.25, 0.3) is 0 Å². The van der Waals surface area contributed by atoms with Crippen molar-refractivity contribution in [2.24, 2.45) is 0 Å². The molecule has 1 N–H and O–H groups in total. The largest absolute Gasteiger partial charge is 0.492 e. The van der Waals surface area contributed by atoms with E-state index in [-0.39, 0.29) is 12.5 Å². The highest BCUT2D eigenvalue weighted by molar-refractivity contribution is 7.92. The van der Waals surface area contributed by atoms with Crippen molar-refractivity contribution in [2.45, 2.75) is 13.5 Å². The molecule has 0 aliphatic heterocycles. The maximum atomic E-state index is 12.3. The SMILES string of the molecule is Cc1cccc(N(Cc2ccc(C(=O)NCCOc3ccccc3)cc2)S(C)(=O)=O)c1. The molecule has 0 fully saturated rings. The summed E-state index contributed by atoms with van der Waals surface area (Å²) in [7, 11) is -3.46. The number of ether oxygens (including phenoxy) is 1. The molecule has 7 heteroatoms. The van der Waals surface area contributed by atoms with Gasteiger partial charge in [-0.2, -0.15) is 0 Å². The Hall–Kier alpha value is -3.32. The second kappa shape index (κ2) is 10.1. The molecule has 0 saturated heterocycles. The minimum Gasteiger partial charge on any atom is -0.492 e. The molecule has 0 aliphatic rings. The highest BCUT2D eigenvalue weighted by atomic mass is 32.2. The standard InChI is InChI=1S/C24H26N2O4S/c1-19-7-6-8-22(17-19)26(31(2,28)29)18-20-11-13-21(14-12-20)24(27)25-15-16-30-23-9-4-3-5-10-23/h3-14,17H,15-16,18H2,1-2H3,(H,25,27). The van der Waals surface area contributed by atoms with Gasteiger partial charge in [-0.05, 0) is 54.4 Å². The molecule has 0 unspecified atom stereocenters. The Bertz CT molecular complexity index is 1110.